The monoisotopic (exact) mass is 536 g/mol. The van der Waals surface area contributed by atoms with Gasteiger partial charge in [0.2, 0.25) is 5.78 Å². The van der Waals surface area contributed by atoms with Gasteiger partial charge in [-0.2, -0.15) is 0 Å². The molecular formula is C24H33BrN4O3S. The number of carbonyl (C=O) groups is 2. The fourth-order valence-corrected chi connectivity index (χ4v) is 5.22. The number of hydrogen-bond donors (Lipinski definition) is 3. The quantitative estimate of drug-likeness (QED) is 0.275. The van der Waals surface area contributed by atoms with Crippen molar-refractivity contribution >= 4 is 49.6 Å². The molecule has 0 radical (unpaired) electrons. The number of nitrogens with one attached hydrogen (secondary N) is 2. The van der Waals surface area contributed by atoms with Gasteiger partial charge in [0.25, 0.3) is 5.91 Å². The van der Waals surface area contributed by atoms with Gasteiger partial charge in [-0.05, 0) is 18.6 Å². The number of carbonyl (C=O) groups excluding carboxylic acids is 2. The number of morpholine rings is 1. The Morgan fingerprint density at radius 1 is 1.18 bits per heavy atom. The third-order valence-corrected chi connectivity index (χ3v) is 7.25. The number of halogens is 1. The molecule has 0 bridgehead atoms. The highest BCUT2D eigenvalue weighted by molar-refractivity contribution is 9.10. The lowest BCUT2D eigenvalue weighted by atomic mass is 10.1. The molecule has 0 saturated carbocycles. The largest absolute Gasteiger partial charge is 0.397 e. The fraction of sp³-hybridized carbons (Fsp3) is 0.500. The van der Waals surface area contributed by atoms with Gasteiger partial charge in [-0.15, -0.1) is 11.3 Å². The second-order valence-electron chi connectivity index (χ2n) is 8.09. The molecule has 0 unspecified atom stereocenters. The number of rotatable bonds is 12. The van der Waals surface area contributed by atoms with Gasteiger partial charge < -0.3 is 21.1 Å². The van der Waals surface area contributed by atoms with Crippen LogP contribution in [-0.2, 0) is 4.74 Å². The summed E-state index contributed by atoms with van der Waals surface area (Å²) in [5.41, 5.74) is 7.54. The number of benzene rings is 1. The molecule has 2 heterocycles. The average molecular weight is 538 g/mol. The molecule has 7 nitrogen and oxygen atoms in total. The van der Waals surface area contributed by atoms with Crippen LogP contribution in [0, 0.1) is 0 Å². The van der Waals surface area contributed by atoms with Crippen LogP contribution in [0.5, 0.6) is 0 Å². The maximum atomic E-state index is 13.2. The van der Waals surface area contributed by atoms with Gasteiger partial charge in [-0.3, -0.25) is 14.5 Å². The molecule has 1 fully saturated rings. The normalized spacial score (nSPS) is 14.2. The summed E-state index contributed by atoms with van der Waals surface area (Å²) in [4.78, 5) is 28.9. The van der Waals surface area contributed by atoms with Gasteiger partial charge in [0, 0.05) is 42.8 Å². The van der Waals surface area contributed by atoms with Gasteiger partial charge in [-0.25, -0.2) is 0 Å². The molecule has 4 N–H and O–H groups in total. The molecule has 0 aliphatic carbocycles. The highest BCUT2D eigenvalue weighted by Crippen LogP contribution is 2.37. The summed E-state index contributed by atoms with van der Waals surface area (Å²) in [6, 6.07) is 7.20. The van der Waals surface area contributed by atoms with Crippen molar-refractivity contribution in [3.8, 4) is 0 Å². The van der Waals surface area contributed by atoms with E-state index in [9.17, 15) is 9.59 Å². The minimum atomic E-state index is -0.249. The molecule has 1 saturated heterocycles. The smallest absolute Gasteiger partial charge is 0.256 e. The first-order valence-corrected chi connectivity index (χ1v) is 13.2. The second kappa shape index (κ2) is 13.1. The Balaban J connectivity index is 1.75. The molecule has 0 spiro atoms. The summed E-state index contributed by atoms with van der Waals surface area (Å²) in [6.07, 6.45) is 4.46. The predicted molar refractivity (Wildman–Crippen MR) is 139 cm³/mol. The summed E-state index contributed by atoms with van der Waals surface area (Å²) >= 11 is 4.67. The van der Waals surface area contributed by atoms with Crippen LogP contribution in [0.15, 0.2) is 28.7 Å². The number of hydrogen-bond acceptors (Lipinski definition) is 7. The number of ketones is 1. The first-order valence-electron chi connectivity index (χ1n) is 11.6. The van der Waals surface area contributed by atoms with E-state index in [2.05, 4.69) is 38.4 Å². The molecule has 2 aromatic rings. The molecule has 0 atom stereocenters. The molecule has 33 heavy (non-hydrogen) atoms. The number of nitrogen functional groups attached to an aromatic ring is 1. The highest BCUT2D eigenvalue weighted by atomic mass is 79.9. The van der Waals surface area contributed by atoms with Gasteiger partial charge in [-0.1, -0.05) is 54.2 Å². The maximum absolute atomic E-state index is 13.2. The topological polar surface area (TPSA) is 96.7 Å². The number of amides is 1. The lowest BCUT2D eigenvalue weighted by Gasteiger charge is -2.26. The molecule has 1 aromatic heterocycles. The first-order chi connectivity index (χ1) is 16.0. The second-order valence-corrected chi connectivity index (χ2v) is 10.0. The van der Waals surface area contributed by atoms with E-state index in [-0.39, 0.29) is 17.4 Å². The molecular weight excluding hydrogens is 504 g/mol. The number of thiophene rings is 1. The van der Waals surface area contributed by atoms with Gasteiger partial charge in [0.05, 0.1) is 24.5 Å². The summed E-state index contributed by atoms with van der Waals surface area (Å²) < 4.78 is 6.19. The van der Waals surface area contributed by atoms with Crippen molar-refractivity contribution in [2.45, 2.75) is 32.6 Å². The molecule has 1 amide bonds. The van der Waals surface area contributed by atoms with Crippen molar-refractivity contribution in [3.63, 3.8) is 0 Å². The van der Waals surface area contributed by atoms with E-state index in [0.717, 1.165) is 63.1 Å². The minimum absolute atomic E-state index is 0.180. The molecule has 1 aromatic carbocycles. The lowest BCUT2D eigenvalue weighted by molar-refractivity contribution is 0.0383. The van der Waals surface area contributed by atoms with E-state index in [1.54, 1.807) is 12.1 Å². The van der Waals surface area contributed by atoms with Crippen LogP contribution < -0.4 is 16.4 Å². The Morgan fingerprint density at radius 2 is 1.97 bits per heavy atom. The van der Waals surface area contributed by atoms with E-state index in [0.29, 0.717) is 27.5 Å². The number of nitrogens with zero attached hydrogens (tertiary/aromatic N) is 1. The summed E-state index contributed by atoms with van der Waals surface area (Å²) in [5.74, 6) is -0.429. The number of ether oxygens (including phenoxy) is 1. The van der Waals surface area contributed by atoms with Gasteiger partial charge in [0.15, 0.2) is 0 Å². The average Bonchev–Trinajstić information content (AvgIpc) is 3.15. The highest BCUT2D eigenvalue weighted by Gasteiger charge is 2.26. The molecule has 1 aliphatic rings. The molecule has 9 heteroatoms. The zero-order valence-corrected chi connectivity index (χ0v) is 21.5. The fourth-order valence-electron chi connectivity index (χ4n) is 3.72. The number of anilines is 2. The third kappa shape index (κ3) is 7.27. The van der Waals surface area contributed by atoms with Crippen LogP contribution >= 0.6 is 27.3 Å². The molecule has 1 aliphatic heterocycles. The first kappa shape index (κ1) is 25.7. The van der Waals surface area contributed by atoms with Crippen LogP contribution in [-0.4, -0.2) is 62.5 Å². The lowest BCUT2D eigenvalue weighted by Crippen LogP contribution is -2.41. The zero-order chi connectivity index (χ0) is 23.6. The van der Waals surface area contributed by atoms with Gasteiger partial charge in [0.1, 0.15) is 9.88 Å². The number of unbranched alkanes of at least 4 members (excludes halogenated alkanes) is 3. The molecule has 3 rings (SSSR count). The van der Waals surface area contributed by atoms with Crippen molar-refractivity contribution in [1.29, 1.82) is 0 Å². The zero-order valence-electron chi connectivity index (χ0n) is 19.1. The van der Waals surface area contributed by atoms with Crippen LogP contribution in [0.3, 0.4) is 0 Å². The Bertz CT molecular complexity index is 944. The minimum Gasteiger partial charge on any atom is -0.397 e. The van der Waals surface area contributed by atoms with E-state index in [1.165, 1.54) is 17.8 Å². The van der Waals surface area contributed by atoms with E-state index in [4.69, 9.17) is 10.5 Å². The van der Waals surface area contributed by atoms with Crippen molar-refractivity contribution in [2.24, 2.45) is 0 Å². The maximum Gasteiger partial charge on any atom is 0.256 e. The molecule has 180 valence electrons. The standard InChI is InChI=1S/C24H33BrN4O3S/c1-2-3-4-5-9-28-24-19(23(31)27-10-11-29-12-14-32-15-13-29)20(26)22(33-24)21(30)17-7-6-8-18(25)16-17/h6-8,16,28H,2-5,9-15,26H2,1H3,(H,27,31). The van der Waals surface area contributed by atoms with Crippen LogP contribution in [0.2, 0.25) is 0 Å². The van der Waals surface area contributed by atoms with Crippen LogP contribution in [0.25, 0.3) is 0 Å². The van der Waals surface area contributed by atoms with Crippen molar-refractivity contribution in [1.82, 2.24) is 10.2 Å². The number of nitrogens with two attached hydrogens (primary N) is 1. The van der Waals surface area contributed by atoms with Crippen molar-refractivity contribution in [3.05, 3.63) is 44.7 Å². The Labute approximate surface area is 208 Å². The van der Waals surface area contributed by atoms with Gasteiger partial charge >= 0.3 is 0 Å². The van der Waals surface area contributed by atoms with Crippen molar-refractivity contribution < 1.29 is 14.3 Å². The van der Waals surface area contributed by atoms with E-state index >= 15 is 0 Å². The van der Waals surface area contributed by atoms with E-state index in [1.807, 2.05) is 12.1 Å². The van der Waals surface area contributed by atoms with Crippen molar-refractivity contribution in [2.75, 3.05) is 57.0 Å². The summed E-state index contributed by atoms with van der Waals surface area (Å²) in [5, 5.41) is 7.01. The van der Waals surface area contributed by atoms with Crippen LogP contribution in [0.1, 0.15) is 58.2 Å². The third-order valence-electron chi connectivity index (χ3n) is 5.60. The van der Waals surface area contributed by atoms with E-state index < -0.39 is 0 Å². The summed E-state index contributed by atoms with van der Waals surface area (Å²) in [7, 11) is 0. The summed E-state index contributed by atoms with van der Waals surface area (Å²) in [6.45, 7) is 7.35. The van der Waals surface area contributed by atoms with Crippen LogP contribution in [0.4, 0.5) is 10.7 Å². The SMILES string of the molecule is CCCCCCNc1sc(C(=O)c2cccc(Br)c2)c(N)c1C(=O)NCCN1CCOCC1. The Hall–Kier alpha value is -1.94. The predicted octanol–water partition coefficient (Wildman–Crippen LogP) is 4.38. The Kier molecular flexibility index (Phi) is 10.2. The Morgan fingerprint density at radius 3 is 2.70 bits per heavy atom.